The first-order chi connectivity index (χ1) is 15.1. The molecule has 2 aromatic rings. The molecule has 0 saturated heterocycles. The Balaban J connectivity index is 2.29. The second kappa shape index (κ2) is 12.1. The summed E-state index contributed by atoms with van der Waals surface area (Å²) in [6.45, 7) is 8.51. The zero-order chi connectivity index (χ0) is 23.6. The van der Waals surface area contributed by atoms with E-state index in [9.17, 15) is 14.4 Å². The van der Waals surface area contributed by atoms with Crippen molar-refractivity contribution in [2.24, 2.45) is 0 Å². The van der Waals surface area contributed by atoms with E-state index in [2.05, 4.69) is 10.6 Å². The molecule has 0 aromatic carbocycles. The third-order valence-electron chi connectivity index (χ3n) is 4.66. The number of nitrogens with zero attached hydrogens (tertiary/aromatic N) is 1. The number of hydrogen-bond donors (Lipinski definition) is 2. The molecule has 0 aliphatic rings. The van der Waals surface area contributed by atoms with Crippen LogP contribution in [0.4, 0.5) is 4.79 Å². The lowest BCUT2D eigenvalue weighted by atomic mass is 10.0. The molecule has 9 heteroatoms. The summed E-state index contributed by atoms with van der Waals surface area (Å²) < 4.78 is 5.88. The van der Waals surface area contributed by atoms with E-state index < -0.39 is 17.4 Å². The summed E-state index contributed by atoms with van der Waals surface area (Å²) >= 11 is 3.19. The highest BCUT2D eigenvalue weighted by Crippen LogP contribution is 2.29. The van der Waals surface area contributed by atoms with Gasteiger partial charge >= 0.3 is 6.09 Å². The van der Waals surface area contributed by atoms with Crippen LogP contribution in [0.2, 0.25) is 0 Å². The molecule has 1 atom stereocenters. The van der Waals surface area contributed by atoms with Crippen LogP contribution in [-0.4, -0.2) is 41.0 Å². The number of alkyl carbamates (subject to hydrolysis) is 1. The zero-order valence-corrected chi connectivity index (χ0v) is 20.8. The number of carbonyl (C=O) groups is 3. The van der Waals surface area contributed by atoms with Gasteiger partial charge in [-0.3, -0.25) is 9.59 Å². The molecule has 0 fully saturated rings. The number of ether oxygens (including phenoxy) is 1. The van der Waals surface area contributed by atoms with Gasteiger partial charge in [-0.15, -0.1) is 22.7 Å². The fourth-order valence-electron chi connectivity index (χ4n) is 3.20. The monoisotopic (exact) mass is 479 g/mol. The van der Waals surface area contributed by atoms with Crippen LogP contribution in [0.15, 0.2) is 35.0 Å². The van der Waals surface area contributed by atoms with Crippen LogP contribution in [0.3, 0.4) is 0 Å². The first-order valence-electron chi connectivity index (χ1n) is 10.7. The van der Waals surface area contributed by atoms with Crippen molar-refractivity contribution in [3.8, 4) is 0 Å². The van der Waals surface area contributed by atoms with E-state index in [1.165, 1.54) is 6.92 Å². The standard InChI is InChI=1S/C23H33N3O4S2/c1-18(28)24-12-6-5-11-23(17-27,30-21(29)25-22(2,3)4)26(15-19-9-7-13-31-19)16-20-10-8-14-32-20/h7-10,13-14,17H,5-6,11-12,15-16H2,1-4H3,(H,24,28)(H,25,29)/t23-/m0/s1. The second-order valence-electron chi connectivity index (χ2n) is 8.68. The lowest BCUT2D eigenvalue weighted by Gasteiger charge is -2.39. The van der Waals surface area contributed by atoms with Crippen LogP contribution in [0.5, 0.6) is 0 Å². The summed E-state index contributed by atoms with van der Waals surface area (Å²) in [6.07, 6.45) is 1.71. The molecule has 176 valence electrons. The number of carbonyl (C=O) groups excluding carboxylic acids is 3. The Morgan fingerprint density at radius 1 is 1.06 bits per heavy atom. The maximum Gasteiger partial charge on any atom is 0.409 e. The maximum atomic E-state index is 12.8. The molecule has 2 rings (SSSR count). The molecule has 0 aliphatic heterocycles. The molecule has 7 nitrogen and oxygen atoms in total. The highest BCUT2D eigenvalue weighted by molar-refractivity contribution is 7.10. The summed E-state index contributed by atoms with van der Waals surface area (Å²) in [7, 11) is 0. The van der Waals surface area contributed by atoms with Gasteiger partial charge in [0.05, 0.1) is 0 Å². The van der Waals surface area contributed by atoms with Crippen molar-refractivity contribution < 1.29 is 19.1 Å². The topological polar surface area (TPSA) is 87.7 Å². The SMILES string of the molecule is CC(=O)NCCCC[C@@](C=O)(OC(=O)NC(C)(C)C)N(Cc1cccs1)Cc1cccs1. The number of rotatable bonds is 12. The Labute approximate surface area is 198 Å². The number of aldehydes is 1. The number of thiophene rings is 2. The second-order valence-corrected chi connectivity index (χ2v) is 10.7. The van der Waals surface area contributed by atoms with Gasteiger partial charge in [0.1, 0.15) is 0 Å². The quantitative estimate of drug-likeness (QED) is 0.265. The lowest BCUT2D eigenvalue weighted by molar-refractivity contribution is -0.154. The van der Waals surface area contributed by atoms with Gasteiger partial charge in [-0.1, -0.05) is 12.1 Å². The fraction of sp³-hybridized carbons (Fsp3) is 0.522. The van der Waals surface area contributed by atoms with E-state index in [-0.39, 0.29) is 5.91 Å². The lowest BCUT2D eigenvalue weighted by Crippen LogP contribution is -2.55. The van der Waals surface area contributed by atoms with Gasteiger partial charge in [-0.2, -0.15) is 0 Å². The fourth-order valence-corrected chi connectivity index (χ4v) is 4.63. The Morgan fingerprint density at radius 2 is 1.66 bits per heavy atom. The molecule has 2 heterocycles. The van der Waals surface area contributed by atoms with Crippen molar-refractivity contribution in [2.75, 3.05) is 6.54 Å². The molecule has 2 N–H and O–H groups in total. The highest BCUT2D eigenvalue weighted by atomic mass is 32.1. The molecule has 2 amide bonds. The highest BCUT2D eigenvalue weighted by Gasteiger charge is 2.41. The average molecular weight is 480 g/mol. The summed E-state index contributed by atoms with van der Waals surface area (Å²) in [5.41, 5.74) is -1.93. The summed E-state index contributed by atoms with van der Waals surface area (Å²) in [6, 6.07) is 7.94. The van der Waals surface area contributed by atoms with Gasteiger partial charge in [-0.05, 0) is 56.5 Å². The molecule has 32 heavy (non-hydrogen) atoms. The van der Waals surface area contributed by atoms with E-state index in [1.54, 1.807) is 22.7 Å². The summed E-state index contributed by atoms with van der Waals surface area (Å²) in [5.74, 6) is -0.0931. The molecule has 0 bridgehead atoms. The van der Waals surface area contributed by atoms with Crippen LogP contribution in [0.1, 0.15) is 56.7 Å². The smallest absolute Gasteiger partial charge is 0.409 e. The largest absolute Gasteiger partial charge is 0.420 e. The van der Waals surface area contributed by atoms with Gasteiger partial charge in [0.25, 0.3) is 0 Å². The minimum atomic E-state index is -1.43. The Kier molecular flexibility index (Phi) is 9.86. The van der Waals surface area contributed by atoms with Gasteiger partial charge in [-0.25, -0.2) is 9.69 Å². The van der Waals surface area contributed by atoms with Crippen LogP contribution >= 0.6 is 22.7 Å². The van der Waals surface area contributed by atoms with Gasteiger partial charge in [0, 0.05) is 48.3 Å². The maximum absolute atomic E-state index is 12.8. The molecule has 2 aromatic heterocycles. The van der Waals surface area contributed by atoms with Crippen molar-refractivity contribution in [3.63, 3.8) is 0 Å². The molecular weight excluding hydrogens is 446 g/mol. The van der Waals surface area contributed by atoms with E-state index in [0.717, 1.165) is 16.0 Å². The third-order valence-corrected chi connectivity index (χ3v) is 6.38. The number of nitrogens with one attached hydrogen (secondary N) is 2. The number of amides is 2. The van der Waals surface area contributed by atoms with Crippen molar-refractivity contribution in [2.45, 2.75) is 71.3 Å². The van der Waals surface area contributed by atoms with Crippen molar-refractivity contribution in [1.82, 2.24) is 15.5 Å². The molecule has 0 spiro atoms. The number of unbranched alkanes of at least 4 members (excludes halogenated alkanes) is 1. The molecule has 0 radical (unpaired) electrons. The van der Waals surface area contributed by atoms with Crippen molar-refractivity contribution >= 4 is 41.0 Å². The van der Waals surface area contributed by atoms with E-state index in [1.807, 2.05) is 60.7 Å². The Hall–Kier alpha value is -2.23. The van der Waals surface area contributed by atoms with Crippen LogP contribution < -0.4 is 10.6 Å². The predicted molar refractivity (Wildman–Crippen MR) is 129 cm³/mol. The minimum Gasteiger partial charge on any atom is -0.420 e. The molecule has 0 aliphatic carbocycles. The van der Waals surface area contributed by atoms with Crippen molar-refractivity contribution in [3.05, 3.63) is 44.8 Å². The molecule has 0 saturated carbocycles. The van der Waals surface area contributed by atoms with E-state index in [0.29, 0.717) is 38.9 Å². The van der Waals surface area contributed by atoms with E-state index >= 15 is 0 Å². The summed E-state index contributed by atoms with van der Waals surface area (Å²) in [4.78, 5) is 40.6. The Morgan fingerprint density at radius 3 is 2.09 bits per heavy atom. The minimum absolute atomic E-state index is 0.0931. The normalized spacial score (nSPS) is 13.4. The third kappa shape index (κ3) is 8.72. The van der Waals surface area contributed by atoms with Crippen LogP contribution in [-0.2, 0) is 27.4 Å². The van der Waals surface area contributed by atoms with Crippen LogP contribution in [0, 0.1) is 0 Å². The van der Waals surface area contributed by atoms with E-state index in [4.69, 9.17) is 4.74 Å². The summed E-state index contributed by atoms with van der Waals surface area (Å²) in [5, 5.41) is 9.54. The first kappa shape index (κ1) is 26.0. The predicted octanol–water partition coefficient (Wildman–Crippen LogP) is 4.54. The Bertz CT molecular complexity index is 811. The first-order valence-corrected chi connectivity index (χ1v) is 12.4. The molecule has 0 unspecified atom stereocenters. The van der Waals surface area contributed by atoms with Gasteiger partial charge < -0.3 is 15.4 Å². The molecular formula is C23H33N3O4S2. The zero-order valence-electron chi connectivity index (χ0n) is 19.2. The average Bonchev–Trinajstić information content (AvgIpc) is 3.39. The number of hydrogen-bond acceptors (Lipinski definition) is 7. The van der Waals surface area contributed by atoms with Crippen molar-refractivity contribution in [1.29, 1.82) is 0 Å². The van der Waals surface area contributed by atoms with Gasteiger partial charge in [0.2, 0.25) is 11.6 Å². The van der Waals surface area contributed by atoms with Gasteiger partial charge in [0.15, 0.2) is 6.29 Å². The van der Waals surface area contributed by atoms with Crippen LogP contribution in [0.25, 0.3) is 0 Å².